The number of nitrogens with one attached hydrogen (secondary N) is 1. The first-order valence-electron chi connectivity index (χ1n) is 8.26. The summed E-state index contributed by atoms with van der Waals surface area (Å²) >= 11 is 5.67. The lowest BCUT2D eigenvalue weighted by molar-refractivity contribution is -0.388. The Morgan fingerprint density at radius 3 is 2.09 bits per heavy atom. The van der Waals surface area contributed by atoms with Crippen LogP contribution in [0.2, 0.25) is 5.02 Å². The van der Waals surface area contributed by atoms with Crippen molar-refractivity contribution in [1.29, 1.82) is 0 Å². The van der Waals surface area contributed by atoms with Crippen LogP contribution in [0.25, 0.3) is 0 Å². The number of nitro groups is 1. The molecule has 0 radical (unpaired) electrons. The maximum Gasteiger partial charge on any atom is 0.501 e. The molecule has 0 fully saturated rings. The van der Waals surface area contributed by atoms with Crippen LogP contribution in [-0.2, 0) is 30.6 Å². The summed E-state index contributed by atoms with van der Waals surface area (Å²) in [6, 6.07) is 1.93. The van der Waals surface area contributed by atoms with Crippen molar-refractivity contribution in [2.24, 2.45) is 0 Å². The Labute approximate surface area is 191 Å². The lowest BCUT2D eigenvalue weighted by atomic mass is 10.2. The standard InChI is InChI=1S/C16H9ClF6N2O7S2/c17-10-3-1-8(15(18,19)20)5-11(10)24-14(26)7-33(29,30)13-4-2-9(6-12(13)25(27)28)34(31,32)16(21,22)23/h1-6H,7H2,(H,24,26). The molecule has 2 aromatic rings. The Balaban J connectivity index is 2.42. The predicted octanol–water partition coefficient (Wildman–Crippen LogP) is 3.97. The number of sulfone groups is 2. The third kappa shape index (κ3) is 5.76. The van der Waals surface area contributed by atoms with Crippen molar-refractivity contribution in [2.75, 3.05) is 11.1 Å². The van der Waals surface area contributed by atoms with Gasteiger partial charge in [0.25, 0.3) is 15.5 Å². The topological polar surface area (TPSA) is 141 Å². The van der Waals surface area contributed by atoms with E-state index in [0.717, 1.165) is 6.07 Å². The summed E-state index contributed by atoms with van der Waals surface area (Å²) in [7, 11) is -11.1. The maximum absolute atomic E-state index is 12.8. The second-order valence-corrected chi connectivity index (χ2v) is 10.6. The number of anilines is 1. The zero-order chi connectivity index (χ0) is 26.3. The number of hydrogen-bond donors (Lipinski definition) is 1. The number of nitrogens with zero attached hydrogens (tertiary/aromatic N) is 1. The number of rotatable bonds is 6. The molecule has 34 heavy (non-hydrogen) atoms. The summed E-state index contributed by atoms with van der Waals surface area (Å²) in [5.74, 6) is -3.10. The first-order chi connectivity index (χ1) is 15.3. The van der Waals surface area contributed by atoms with E-state index >= 15 is 0 Å². The molecule has 0 heterocycles. The van der Waals surface area contributed by atoms with Gasteiger partial charge in [-0.3, -0.25) is 14.9 Å². The number of carbonyl (C=O) groups is 1. The number of benzene rings is 2. The Morgan fingerprint density at radius 1 is 1.00 bits per heavy atom. The summed E-state index contributed by atoms with van der Waals surface area (Å²) in [5, 5.41) is 12.6. The SMILES string of the molecule is O=C(CS(=O)(=O)c1ccc(S(=O)(=O)C(F)(F)F)cc1[N+](=O)[O-])Nc1cc(C(F)(F)F)ccc1Cl. The number of alkyl halides is 6. The molecule has 0 atom stereocenters. The molecule has 1 N–H and O–H groups in total. The fraction of sp³-hybridized carbons (Fsp3) is 0.188. The molecule has 186 valence electrons. The van der Waals surface area contributed by atoms with Gasteiger partial charge in [0.2, 0.25) is 5.91 Å². The number of halogens is 7. The summed E-state index contributed by atoms with van der Waals surface area (Å²) in [6.45, 7) is 0. The van der Waals surface area contributed by atoms with Crippen molar-refractivity contribution >= 4 is 48.6 Å². The van der Waals surface area contributed by atoms with Crippen LogP contribution in [0.1, 0.15) is 5.56 Å². The van der Waals surface area contributed by atoms with Crippen LogP contribution in [0.15, 0.2) is 46.2 Å². The van der Waals surface area contributed by atoms with Gasteiger partial charge in [0.15, 0.2) is 9.84 Å². The maximum atomic E-state index is 12.8. The highest BCUT2D eigenvalue weighted by Gasteiger charge is 2.48. The van der Waals surface area contributed by atoms with Crippen molar-refractivity contribution in [2.45, 2.75) is 21.5 Å². The van der Waals surface area contributed by atoms with Gasteiger partial charge in [0, 0.05) is 6.07 Å². The van der Waals surface area contributed by atoms with E-state index in [9.17, 15) is 58.1 Å². The number of nitro benzene ring substituents is 1. The van der Waals surface area contributed by atoms with Gasteiger partial charge in [0.1, 0.15) is 10.6 Å². The first-order valence-corrected chi connectivity index (χ1v) is 11.8. The minimum absolute atomic E-state index is 0.142. The van der Waals surface area contributed by atoms with Crippen LogP contribution in [-0.4, -0.2) is 38.9 Å². The van der Waals surface area contributed by atoms with E-state index < -0.39 is 79.7 Å². The van der Waals surface area contributed by atoms with E-state index in [1.165, 1.54) is 0 Å². The lowest BCUT2D eigenvalue weighted by Crippen LogP contribution is -2.25. The summed E-state index contributed by atoms with van der Waals surface area (Å²) in [5.41, 5.74) is -9.30. The molecule has 0 bridgehead atoms. The molecule has 0 aliphatic rings. The summed E-state index contributed by atoms with van der Waals surface area (Å²) in [4.78, 5) is 18.9. The van der Waals surface area contributed by atoms with Crippen molar-refractivity contribution in [3.05, 3.63) is 57.1 Å². The van der Waals surface area contributed by atoms with E-state index in [2.05, 4.69) is 0 Å². The van der Waals surface area contributed by atoms with Crippen LogP contribution >= 0.6 is 11.6 Å². The van der Waals surface area contributed by atoms with Crippen molar-refractivity contribution in [3.8, 4) is 0 Å². The zero-order valence-electron chi connectivity index (χ0n) is 15.9. The Morgan fingerprint density at radius 2 is 1.59 bits per heavy atom. The van der Waals surface area contributed by atoms with Gasteiger partial charge in [-0.25, -0.2) is 16.8 Å². The van der Waals surface area contributed by atoms with E-state index in [-0.39, 0.29) is 18.2 Å². The fourth-order valence-corrected chi connectivity index (χ4v) is 4.68. The average molecular weight is 555 g/mol. The molecule has 0 aliphatic heterocycles. The fourth-order valence-electron chi connectivity index (χ4n) is 2.44. The van der Waals surface area contributed by atoms with E-state index in [0.29, 0.717) is 12.1 Å². The molecule has 0 saturated heterocycles. The van der Waals surface area contributed by atoms with Gasteiger partial charge in [-0.1, -0.05) is 11.6 Å². The smallest absolute Gasteiger partial charge is 0.324 e. The lowest BCUT2D eigenvalue weighted by Gasteiger charge is -2.12. The van der Waals surface area contributed by atoms with Gasteiger partial charge in [-0.15, -0.1) is 0 Å². The van der Waals surface area contributed by atoms with Crippen molar-refractivity contribution in [3.63, 3.8) is 0 Å². The van der Waals surface area contributed by atoms with E-state index in [1.807, 2.05) is 0 Å². The molecule has 0 aromatic heterocycles. The van der Waals surface area contributed by atoms with Gasteiger partial charge < -0.3 is 5.32 Å². The second kappa shape index (κ2) is 9.03. The number of carbonyl (C=O) groups excluding carboxylic acids is 1. The average Bonchev–Trinajstić information content (AvgIpc) is 2.66. The molecule has 0 unspecified atom stereocenters. The molecule has 2 rings (SSSR count). The monoisotopic (exact) mass is 554 g/mol. The van der Waals surface area contributed by atoms with Crippen LogP contribution in [0.4, 0.5) is 37.7 Å². The van der Waals surface area contributed by atoms with E-state index in [1.54, 1.807) is 5.32 Å². The molecule has 9 nitrogen and oxygen atoms in total. The van der Waals surface area contributed by atoms with Crippen molar-refractivity contribution < 1.29 is 52.9 Å². The van der Waals surface area contributed by atoms with Gasteiger partial charge >= 0.3 is 11.7 Å². The second-order valence-electron chi connectivity index (χ2n) is 6.34. The highest BCUT2D eigenvalue weighted by Crippen LogP contribution is 2.36. The summed E-state index contributed by atoms with van der Waals surface area (Å²) in [6.07, 6.45) is -4.84. The van der Waals surface area contributed by atoms with Crippen LogP contribution in [0, 0.1) is 10.1 Å². The highest BCUT2D eigenvalue weighted by molar-refractivity contribution is 7.92. The Bertz CT molecular complexity index is 1370. The molecular formula is C16H9ClF6N2O7S2. The van der Waals surface area contributed by atoms with Crippen LogP contribution < -0.4 is 5.32 Å². The molecule has 0 aliphatic carbocycles. The minimum Gasteiger partial charge on any atom is -0.324 e. The van der Waals surface area contributed by atoms with Crippen LogP contribution in [0.3, 0.4) is 0 Å². The van der Waals surface area contributed by atoms with Crippen molar-refractivity contribution in [1.82, 2.24) is 0 Å². The molecular weight excluding hydrogens is 546 g/mol. The molecule has 0 spiro atoms. The number of hydrogen-bond acceptors (Lipinski definition) is 7. The predicted molar refractivity (Wildman–Crippen MR) is 103 cm³/mol. The Kier molecular flexibility index (Phi) is 7.26. The number of amides is 1. The largest absolute Gasteiger partial charge is 0.501 e. The minimum atomic E-state index is -6.06. The molecule has 1 amide bonds. The normalized spacial score (nSPS) is 12.9. The van der Waals surface area contributed by atoms with Gasteiger partial charge in [-0.05, 0) is 30.3 Å². The Hall–Kier alpha value is -2.92. The van der Waals surface area contributed by atoms with Gasteiger partial charge in [0.05, 0.1) is 26.1 Å². The molecule has 2 aromatic carbocycles. The highest BCUT2D eigenvalue weighted by atomic mass is 35.5. The third-order valence-electron chi connectivity index (χ3n) is 3.97. The first kappa shape index (κ1) is 27.3. The quantitative estimate of drug-likeness (QED) is 0.323. The molecule has 0 saturated carbocycles. The van der Waals surface area contributed by atoms with Crippen LogP contribution in [0.5, 0.6) is 0 Å². The third-order valence-corrected chi connectivity index (χ3v) is 7.44. The van der Waals surface area contributed by atoms with E-state index in [4.69, 9.17) is 11.6 Å². The zero-order valence-corrected chi connectivity index (χ0v) is 18.3. The van der Waals surface area contributed by atoms with Gasteiger partial charge in [-0.2, -0.15) is 26.3 Å². The molecule has 18 heteroatoms. The summed E-state index contributed by atoms with van der Waals surface area (Å²) < 4.78 is 124.